The molecule has 0 unspecified atom stereocenters. The van der Waals surface area contributed by atoms with Crippen LogP contribution in [0, 0.1) is 0 Å². The fourth-order valence-electron chi connectivity index (χ4n) is 1.42. The van der Waals surface area contributed by atoms with E-state index < -0.39 is 0 Å². The van der Waals surface area contributed by atoms with Crippen LogP contribution in [0.25, 0.3) is 0 Å². The van der Waals surface area contributed by atoms with Crippen LogP contribution >= 0.6 is 11.3 Å². The molecule has 2 aromatic heterocycles. The second-order valence-electron chi connectivity index (χ2n) is 3.20. The van der Waals surface area contributed by atoms with Crippen molar-refractivity contribution in [3.05, 3.63) is 33.8 Å². The van der Waals surface area contributed by atoms with Crippen LogP contribution in [0.1, 0.15) is 27.9 Å². The summed E-state index contributed by atoms with van der Waals surface area (Å²) in [5.74, 6) is 0.00866. The molecule has 0 fully saturated rings. The van der Waals surface area contributed by atoms with E-state index in [0.29, 0.717) is 5.69 Å². The van der Waals surface area contributed by atoms with E-state index >= 15 is 0 Å². The van der Waals surface area contributed by atoms with Crippen molar-refractivity contribution in [2.75, 3.05) is 0 Å². The quantitative estimate of drug-likeness (QED) is 0.741. The summed E-state index contributed by atoms with van der Waals surface area (Å²) in [6.07, 6.45) is 2.37. The topological polar surface area (TPSA) is 47.8 Å². The first-order chi connectivity index (χ1) is 7.24. The van der Waals surface area contributed by atoms with Crippen LogP contribution in [-0.4, -0.2) is 20.8 Å². The molecule has 2 heterocycles. The second-order valence-corrected chi connectivity index (χ2v) is 4.12. The number of carbonyl (C=O) groups excluding carboxylic acids is 1. The van der Waals surface area contributed by atoms with Gasteiger partial charge in [-0.3, -0.25) is 4.79 Å². The van der Waals surface area contributed by atoms with Crippen molar-refractivity contribution < 1.29 is 4.79 Å². The SMILES string of the molecule is CCc1ccsc1C(=O)c1cnnn1C. The molecule has 2 rings (SSSR count). The molecule has 15 heavy (non-hydrogen) atoms. The Morgan fingerprint density at radius 2 is 2.40 bits per heavy atom. The summed E-state index contributed by atoms with van der Waals surface area (Å²) in [5, 5.41) is 9.40. The number of ketones is 1. The zero-order valence-corrected chi connectivity index (χ0v) is 9.41. The van der Waals surface area contributed by atoms with E-state index in [0.717, 1.165) is 16.9 Å². The van der Waals surface area contributed by atoms with Crippen molar-refractivity contribution in [3.63, 3.8) is 0 Å². The van der Waals surface area contributed by atoms with E-state index in [-0.39, 0.29) is 5.78 Å². The molecule has 0 aromatic carbocycles. The van der Waals surface area contributed by atoms with Crippen LogP contribution in [0.3, 0.4) is 0 Å². The summed E-state index contributed by atoms with van der Waals surface area (Å²) in [5.41, 5.74) is 1.62. The maximum atomic E-state index is 12.1. The summed E-state index contributed by atoms with van der Waals surface area (Å²) in [6.45, 7) is 2.04. The highest BCUT2D eigenvalue weighted by molar-refractivity contribution is 7.12. The molecule has 78 valence electrons. The molecular weight excluding hydrogens is 210 g/mol. The molecule has 0 amide bonds. The maximum Gasteiger partial charge on any atom is 0.222 e. The Morgan fingerprint density at radius 1 is 1.60 bits per heavy atom. The lowest BCUT2D eigenvalue weighted by molar-refractivity contribution is 0.103. The molecule has 0 spiro atoms. The fourth-order valence-corrected chi connectivity index (χ4v) is 2.37. The number of nitrogens with zero attached hydrogens (tertiary/aromatic N) is 3. The number of hydrogen-bond donors (Lipinski definition) is 0. The molecule has 0 aliphatic rings. The second kappa shape index (κ2) is 3.94. The Bertz CT molecular complexity index is 486. The van der Waals surface area contributed by atoms with Crippen molar-refractivity contribution >= 4 is 17.1 Å². The minimum absolute atomic E-state index is 0.00866. The third-order valence-corrected chi connectivity index (χ3v) is 3.24. The highest BCUT2D eigenvalue weighted by Crippen LogP contribution is 2.20. The van der Waals surface area contributed by atoms with Crippen LogP contribution in [0.2, 0.25) is 0 Å². The highest BCUT2D eigenvalue weighted by atomic mass is 32.1. The average molecular weight is 221 g/mol. The van der Waals surface area contributed by atoms with E-state index in [2.05, 4.69) is 10.3 Å². The molecule has 0 aliphatic carbocycles. The summed E-state index contributed by atoms with van der Waals surface area (Å²) >= 11 is 1.47. The van der Waals surface area contributed by atoms with Gasteiger partial charge in [-0.1, -0.05) is 12.1 Å². The minimum atomic E-state index is 0.00866. The molecular formula is C10H11N3OS. The maximum absolute atomic E-state index is 12.1. The number of aryl methyl sites for hydroxylation is 2. The van der Waals surface area contributed by atoms with Crippen LogP contribution in [0.5, 0.6) is 0 Å². The average Bonchev–Trinajstić information content (AvgIpc) is 2.84. The summed E-state index contributed by atoms with van der Waals surface area (Å²) in [6, 6.07) is 1.99. The van der Waals surface area contributed by atoms with Crippen LogP contribution in [0.15, 0.2) is 17.6 Å². The van der Waals surface area contributed by atoms with Gasteiger partial charge in [0.25, 0.3) is 0 Å². The smallest absolute Gasteiger partial charge is 0.222 e. The normalized spacial score (nSPS) is 10.5. The first kappa shape index (κ1) is 10.0. The molecule has 4 nitrogen and oxygen atoms in total. The molecule has 0 aliphatic heterocycles. The van der Waals surface area contributed by atoms with Gasteiger partial charge in [-0.15, -0.1) is 16.4 Å². The lowest BCUT2D eigenvalue weighted by Gasteiger charge is -2.00. The van der Waals surface area contributed by atoms with Crippen molar-refractivity contribution in [1.29, 1.82) is 0 Å². The number of thiophene rings is 1. The third kappa shape index (κ3) is 1.70. The van der Waals surface area contributed by atoms with Crippen LogP contribution < -0.4 is 0 Å². The van der Waals surface area contributed by atoms with Gasteiger partial charge < -0.3 is 0 Å². The van der Waals surface area contributed by atoms with Gasteiger partial charge in [0.05, 0.1) is 11.1 Å². The van der Waals surface area contributed by atoms with Gasteiger partial charge in [-0.25, -0.2) is 4.68 Å². The van der Waals surface area contributed by atoms with E-state index in [4.69, 9.17) is 0 Å². The van der Waals surface area contributed by atoms with Gasteiger partial charge in [0.15, 0.2) is 0 Å². The Hall–Kier alpha value is -1.49. The largest absolute Gasteiger partial charge is 0.286 e. The fraction of sp³-hybridized carbons (Fsp3) is 0.300. The predicted octanol–water partition coefficient (Wildman–Crippen LogP) is 1.67. The van der Waals surface area contributed by atoms with Gasteiger partial charge in [-0.05, 0) is 23.4 Å². The number of aromatic nitrogens is 3. The molecule has 0 N–H and O–H groups in total. The van der Waals surface area contributed by atoms with Crippen LogP contribution in [0.4, 0.5) is 0 Å². The van der Waals surface area contributed by atoms with E-state index in [9.17, 15) is 4.79 Å². The highest BCUT2D eigenvalue weighted by Gasteiger charge is 2.17. The zero-order chi connectivity index (χ0) is 10.8. The van der Waals surface area contributed by atoms with Crippen molar-refractivity contribution in [1.82, 2.24) is 15.0 Å². The molecule has 5 heteroatoms. The van der Waals surface area contributed by atoms with Crippen molar-refractivity contribution in [2.45, 2.75) is 13.3 Å². The van der Waals surface area contributed by atoms with Gasteiger partial charge >= 0.3 is 0 Å². The monoisotopic (exact) mass is 221 g/mol. The Kier molecular flexibility index (Phi) is 2.64. The zero-order valence-electron chi connectivity index (χ0n) is 8.60. The molecule has 0 radical (unpaired) electrons. The summed E-state index contributed by atoms with van der Waals surface area (Å²) in [4.78, 5) is 12.9. The number of hydrogen-bond acceptors (Lipinski definition) is 4. The van der Waals surface area contributed by atoms with Crippen LogP contribution in [-0.2, 0) is 13.5 Å². The third-order valence-electron chi connectivity index (χ3n) is 2.28. The predicted molar refractivity (Wildman–Crippen MR) is 58.1 cm³/mol. The molecule has 0 saturated carbocycles. The van der Waals surface area contributed by atoms with Gasteiger partial charge in [-0.2, -0.15) is 0 Å². The van der Waals surface area contributed by atoms with E-state index in [1.807, 2.05) is 18.4 Å². The Balaban J connectivity index is 2.41. The molecule has 2 aromatic rings. The lowest BCUT2D eigenvalue weighted by Crippen LogP contribution is -2.08. The first-order valence-electron chi connectivity index (χ1n) is 4.69. The number of carbonyl (C=O) groups is 1. The number of rotatable bonds is 3. The van der Waals surface area contributed by atoms with Gasteiger partial charge in [0, 0.05) is 7.05 Å². The van der Waals surface area contributed by atoms with E-state index in [1.54, 1.807) is 7.05 Å². The minimum Gasteiger partial charge on any atom is -0.286 e. The van der Waals surface area contributed by atoms with Crippen molar-refractivity contribution in [2.24, 2.45) is 7.05 Å². The summed E-state index contributed by atoms with van der Waals surface area (Å²) in [7, 11) is 1.72. The molecule has 0 atom stereocenters. The van der Waals surface area contributed by atoms with Gasteiger partial charge in [0.2, 0.25) is 5.78 Å². The Labute approximate surface area is 91.5 Å². The summed E-state index contributed by atoms with van der Waals surface area (Å²) < 4.78 is 1.50. The van der Waals surface area contributed by atoms with Gasteiger partial charge in [0.1, 0.15) is 5.69 Å². The lowest BCUT2D eigenvalue weighted by atomic mass is 10.1. The molecule has 0 bridgehead atoms. The van der Waals surface area contributed by atoms with Crippen molar-refractivity contribution in [3.8, 4) is 0 Å². The van der Waals surface area contributed by atoms with E-state index in [1.165, 1.54) is 22.2 Å². The molecule has 0 saturated heterocycles. The first-order valence-corrected chi connectivity index (χ1v) is 5.57. The Morgan fingerprint density at radius 3 is 3.00 bits per heavy atom. The standard InChI is InChI=1S/C10H11N3OS/c1-3-7-4-5-15-10(7)9(14)8-6-11-12-13(8)2/h4-6H,3H2,1-2H3.